The van der Waals surface area contributed by atoms with Crippen molar-refractivity contribution in [1.82, 2.24) is 5.32 Å². The van der Waals surface area contributed by atoms with Crippen LogP contribution in [0.15, 0.2) is 53.3 Å². The summed E-state index contributed by atoms with van der Waals surface area (Å²) >= 11 is 0. The van der Waals surface area contributed by atoms with Gasteiger partial charge in [-0.2, -0.15) is 18.3 Å². The molecule has 0 saturated heterocycles. The Morgan fingerprint density at radius 1 is 1.31 bits per heavy atom. The number of rotatable bonds is 8. The van der Waals surface area contributed by atoms with Crippen LogP contribution < -0.4 is 15.9 Å². The lowest BCUT2D eigenvalue weighted by molar-refractivity contribution is -0.264. The van der Waals surface area contributed by atoms with Crippen molar-refractivity contribution in [1.29, 1.82) is 0 Å². The molecular formula is C21H28F3N3O2. The number of allylic oxidation sites excluding steroid dienone is 4. The van der Waals surface area contributed by atoms with Crippen molar-refractivity contribution in [2.75, 3.05) is 13.7 Å². The summed E-state index contributed by atoms with van der Waals surface area (Å²) in [5.74, 6) is 5.42. The quantitative estimate of drug-likeness (QED) is 0.347. The van der Waals surface area contributed by atoms with Crippen LogP contribution in [0.25, 0.3) is 0 Å². The molecule has 1 aliphatic rings. The predicted molar refractivity (Wildman–Crippen MR) is 108 cm³/mol. The number of hydrazone groups is 1. The molecule has 0 heterocycles. The van der Waals surface area contributed by atoms with Crippen molar-refractivity contribution in [3.8, 4) is 5.75 Å². The second kappa shape index (κ2) is 8.90. The zero-order valence-electron chi connectivity index (χ0n) is 16.8. The number of methoxy groups -OCH3 is 1. The lowest BCUT2D eigenvalue weighted by atomic mass is 9.74. The van der Waals surface area contributed by atoms with E-state index in [9.17, 15) is 18.3 Å². The summed E-state index contributed by atoms with van der Waals surface area (Å²) in [5.41, 5.74) is -2.83. The van der Waals surface area contributed by atoms with Crippen LogP contribution in [0.5, 0.6) is 5.75 Å². The molecule has 0 fully saturated rings. The number of halogens is 3. The zero-order valence-corrected chi connectivity index (χ0v) is 16.8. The van der Waals surface area contributed by atoms with Gasteiger partial charge in [0.1, 0.15) is 5.75 Å². The molecule has 4 N–H and O–H groups in total. The van der Waals surface area contributed by atoms with Crippen molar-refractivity contribution in [2.24, 2.45) is 16.9 Å². The lowest BCUT2D eigenvalue weighted by Crippen LogP contribution is -2.55. The number of alkyl halides is 3. The smallest absolute Gasteiger partial charge is 0.418 e. The number of nitrogens with one attached hydrogen (secondary N) is 1. The summed E-state index contributed by atoms with van der Waals surface area (Å²) in [7, 11) is 1.47. The van der Waals surface area contributed by atoms with Gasteiger partial charge in [0.25, 0.3) is 0 Å². The molecule has 29 heavy (non-hydrogen) atoms. The minimum Gasteiger partial charge on any atom is -0.496 e. The van der Waals surface area contributed by atoms with Crippen LogP contribution in [-0.4, -0.2) is 36.8 Å². The van der Waals surface area contributed by atoms with Crippen LogP contribution in [0.4, 0.5) is 13.2 Å². The average Bonchev–Trinajstić information content (AvgIpc) is 2.66. The largest absolute Gasteiger partial charge is 0.496 e. The number of benzene rings is 1. The highest BCUT2D eigenvalue weighted by Crippen LogP contribution is 2.43. The fraction of sp³-hybridized carbons (Fsp3) is 0.476. The summed E-state index contributed by atoms with van der Waals surface area (Å²) < 4.78 is 47.1. The van der Waals surface area contributed by atoms with Gasteiger partial charge in [0.05, 0.1) is 13.7 Å². The first-order valence-electron chi connectivity index (χ1n) is 9.30. The van der Waals surface area contributed by atoms with Gasteiger partial charge in [0.15, 0.2) is 5.60 Å². The molecule has 0 amide bonds. The Bertz CT molecular complexity index is 788. The van der Waals surface area contributed by atoms with Gasteiger partial charge in [-0.1, -0.05) is 44.2 Å². The maximum Gasteiger partial charge on any atom is 0.418 e. The van der Waals surface area contributed by atoms with Gasteiger partial charge in [-0.3, -0.25) is 0 Å². The predicted octanol–water partition coefficient (Wildman–Crippen LogP) is 3.65. The number of ether oxygens (including phenoxy) is 1. The number of nitrogens with two attached hydrogens (primary N) is 1. The third-order valence-corrected chi connectivity index (χ3v) is 5.15. The molecule has 1 aromatic carbocycles. The van der Waals surface area contributed by atoms with E-state index in [4.69, 9.17) is 10.6 Å². The monoisotopic (exact) mass is 411 g/mol. The first-order valence-corrected chi connectivity index (χ1v) is 9.30. The molecule has 2 unspecified atom stereocenters. The third kappa shape index (κ3) is 5.32. The molecule has 2 atom stereocenters. The molecule has 0 spiro atoms. The van der Waals surface area contributed by atoms with E-state index in [1.54, 1.807) is 50.3 Å². The minimum absolute atomic E-state index is 0.260. The first kappa shape index (κ1) is 22.8. The van der Waals surface area contributed by atoms with Crippen molar-refractivity contribution >= 4 is 6.21 Å². The molecule has 0 aliphatic heterocycles. The van der Waals surface area contributed by atoms with E-state index >= 15 is 0 Å². The molecule has 2 rings (SSSR count). The normalized spacial score (nSPS) is 19.7. The van der Waals surface area contributed by atoms with Crippen LogP contribution in [0.1, 0.15) is 32.3 Å². The van der Waals surface area contributed by atoms with Gasteiger partial charge in [-0.05, 0) is 36.0 Å². The fourth-order valence-electron chi connectivity index (χ4n) is 3.62. The SMILES string of the molecule is COc1ccccc1C(C)(C)CC(O)(CNC1=CC=CCC1/C=N\N)C(F)(F)F. The van der Waals surface area contributed by atoms with Crippen molar-refractivity contribution in [3.63, 3.8) is 0 Å². The maximum atomic E-state index is 13.9. The van der Waals surface area contributed by atoms with E-state index < -0.39 is 30.2 Å². The van der Waals surface area contributed by atoms with Crippen LogP contribution in [-0.2, 0) is 5.41 Å². The van der Waals surface area contributed by atoms with Gasteiger partial charge < -0.3 is 21.0 Å². The minimum atomic E-state index is -4.83. The Kier molecular flexibility index (Phi) is 7.00. The molecule has 1 aliphatic carbocycles. The Hall–Kier alpha value is -2.48. The molecule has 0 bridgehead atoms. The summed E-state index contributed by atoms with van der Waals surface area (Å²) in [4.78, 5) is 0. The van der Waals surface area contributed by atoms with Crippen LogP contribution >= 0.6 is 0 Å². The van der Waals surface area contributed by atoms with Crippen LogP contribution in [0, 0.1) is 5.92 Å². The second-order valence-electron chi connectivity index (χ2n) is 7.83. The first-order chi connectivity index (χ1) is 13.5. The Labute approximate surface area is 169 Å². The molecule has 0 radical (unpaired) electrons. The van der Waals surface area contributed by atoms with E-state index in [0.717, 1.165) is 0 Å². The van der Waals surface area contributed by atoms with Gasteiger partial charge in [0, 0.05) is 17.8 Å². The fourth-order valence-corrected chi connectivity index (χ4v) is 3.62. The highest BCUT2D eigenvalue weighted by Gasteiger charge is 2.56. The second-order valence-corrected chi connectivity index (χ2v) is 7.83. The number of hydrogen-bond donors (Lipinski definition) is 3. The van der Waals surface area contributed by atoms with Crippen LogP contribution in [0.3, 0.4) is 0 Å². The van der Waals surface area contributed by atoms with Crippen molar-refractivity contribution in [2.45, 2.75) is 43.9 Å². The van der Waals surface area contributed by atoms with Crippen molar-refractivity contribution in [3.05, 3.63) is 53.8 Å². The number of hydrogen-bond acceptors (Lipinski definition) is 5. The molecule has 1 aromatic rings. The highest BCUT2D eigenvalue weighted by atomic mass is 19.4. The van der Waals surface area contributed by atoms with E-state index in [2.05, 4.69) is 10.4 Å². The zero-order chi connectivity index (χ0) is 21.7. The number of aliphatic hydroxyl groups is 1. The van der Waals surface area contributed by atoms with E-state index in [-0.39, 0.29) is 5.92 Å². The van der Waals surface area contributed by atoms with Gasteiger partial charge in [0.2, 0.25) is 0 Å². The molecule has 5 nitrogen and oxygen atoms in total. The highest BCUT2D eigenvalue weighted by molar-refractivity contribution is 5.65. The van der Waals surface area contributed by atoms with E-state index in [0.29, 0.717) is 23.4 Å². The summed E-state index contributed by atoms with van der Waals surface area (Å²) in [5, 5.41) is 17.0. The van der Waals surface area contributed by atoms with E-state index in [1.165, 1.54) is 13.3 Å². The Balaban J connectivity index is 2.28. The Morgan fingerprint density at radius 2 is 2.00 bits per heavy atom. The molecule has 160 valence electrons. The maximum absolute atomic E-state index is 13.9. The van der Waals surface area contributed by atoms with Gasteiger partial charge >= 0.3 is 6.18 Å². The standard InChI is InChI=1S/C21H28F3N3O2/c1-19(2,16-9-5-7-11-18(16)29-3)13-20(28,21(22,23)24)14-26-17-10-6-4-8-15(17)12-27-25/h4-7,9-12,15,26,28H,8,13-14,25H2,1-3H3/b27-12-. The number of para-hydroxylation sites is 1. The van der Waals surface area contributed by atoms with Crippen LogP contribution in [0.2, 0.25) is 0 Å². The third-order valence-electron chi connectivity index (χ3n) is 5.15. The molecular weight excluding hydrogens is 383 g/mol. The Morgan fingerprint density at radius 3 is 2.62 bits per heavy atom. The molecule has 0 saturated carbocycles. The average molecular weight is 411 g/mol. The summed E-state index contributed by atoms with van der Waals surface area (Å²) in [6, 6.07) is 6.89. The lowest BCUT2D eigenvalue weighted by Gasteiger charge is -2.39. The van der Waals surface area contributed by atoms with Gasteiger partial charge in [-0.15, -0.1) is 0 Å². The molecule has 8 heteroatoms. The number of nitrogens with zero attached hydrogens (tertiary/aromatic N) is 1. The van der Waals surface area contributed by atoms with E-state index in [1.807, 2.05) is 6.08 Å². The topological polar surface area (TPSA) is 79.9 Å². The van der Waals surface area contributed by atoms with Gasteiger partial charge in [-0.25, -0.2) is 0 Å². The van der Waals surface area contributed by atoms with Crippen molar-refractivity contribution < 1.29 is 23.0 Å². The summed E-state index contributed by atoms with van der Waals surface area (Å²) in [6.45, 7) is 2.63. The molecule has 0 aromatic heterocycles. The summed E-state index contributed by atoms with van der Waals surface area (Å²) in [6.07, 6.45) is 1.94.